The van der Waals surface area contributed by atoms with Crippen molar-refractivity contribution in [3.8, 4) is 0 Å². The molecule has 2 saturated carbocycles. The highest BCUT2D eigenvalue weighted by atomic mass is 16.6. The molecule has 0 saturated heterocycles. The zero-order valence-electron chi connectivity index (χ0n) is 6.99. The Morgan fingerprint density at radius 1 is 1.54 bits per heavy atom. The molecule has 0 aliphatic heterocycles. The summed E-state index contributed by atoms with van der Waals surface area (Å²) >= 11 is 0. The predicted octanol–water partition coefficient (Wildman–Crippen LogP) is 0.436. The second-order valence-electron chi connectivity index (χ2n) is 3.98. The highest BCUT2D eigenvalue weighted by molar-refractivity contribution is 5.92. The normalized spacial score (nSPS) is 27.5. The van der Waals surface area contributed by atoms with Crippen molar-refractivity contribution in [3.63, 3.8) is 0 Å². The van der Waals surface area contributed by atoms with Gasteiger partial charge in [0.25, 0.3) is 5.91 Å². The zero-order chi connectivity index (χ0) is 9.05. The minimum Gasteiger partial charge on any atom is -0.364 e. The van der Waals surface area contributed by atoms with Crippen LogP contribution in [0.5, 0.6) is 0 Å². The Balaban J connectivity index is 1.96. The summed E-state index contributed by atoms with van der Waals surface area (Å²) in [4.78, 5) is 10.9. The quantitative estimate of drug-likeness (QED) is 0.713. The largest absolute Gasteiger partial charge is 0.364 e. The summed E-state index contributed by atoms with van der Waals surface area (Å²) in [5, 5.41) is 7.26. The fourth-order valence-electron chi connectivity index (χ4n) is 2.04. The Labute approximate surface area is 74.2 Å². The molecule has 1 heterocycles. The van der Waals surface area contributed by atoms with Crippen LogP contribution in [0.1, 0.15) is 41.4 Å². The molecule has 13 heavy (non-hydrogen) atoms. The number of aromatic nitrogens is 2. The van der Waals surface area contributed by atoms with Gasteiger partial charge < -0.3 is 5.73 Å². The predicted molar refractivity (Wildman–Crippen MR) is 41.8 cm³/mol. The molecule has 5 heteroatoms. The number of carbonyl (C=O) groups is 1. The minimum atomic E-state index is -0.543. The van der Waals surface area contributed by atoms with Crippen LogP contribution in [-0.2, 0) is 0 Å². The van der Waals surface area contributed by atoms with Crippen molar-refractivity contribution in [2.45, 2.75) is 25.2 Å². The van der Waals surface area contributed by atoms with Crippen LogP contribution in [0, 0.1) is 5.41 Å². The van der Waals surface area contributed by atoms with Gasteiger partial charge in [0.2, 0.25) is 0 Å². The summed E-state index contributed by atoms with van der Waals surface area (Å²) in [6, 6.07) is 0. The van der Waals surface area contributed by atoms with Gasteiger partial charge in [0, 0.05) is 5.92 Å². The van der Waals surface area contributed by atoms with Crippen molar-refractivity contribution >= 4 is 5.91 Å². The average molecular weight is 179 g/mol. The molecule has 0 bridgehead atoms. The number of nitrogens with two attached hydrogens (primary N) is 1. The Morgan fingerprint density at radius 2 is 2.31 bits per heavy atom. The van der Waals surface area contributed by atoms with Crippen LogP contribution in [-0.4, -0.2) is 16.2 Å². The average Bonchev–Trinajstić information content (AvgIpc) is 2.96. The summed E-state index contributed by atoms with van der Waals surface area (Å²) in [7, 11) is 0. The van der Waals surface area contributed by atoms with Gasteiger partial charge in [0.1, 0.15) is 5.69 Å². The van der Waals surface area contributed by atoms with Crippen molar-refractivity contribution in [1.29, 1.82) is 0 Å². The molecule has 2 fully saturated rings. The first kappa shape index (κ1) is 7.06. The molecule has 2 N–H and O–H groups in total. The van der Waals surface area contributed by atoms with E-state index in [9.17, 15) is 4.79 Å². The van der Waals surface area contributed by atoms with Crippen LogP contribution in [0.4, 0.5) is 0 Å². The van der Waals surface area contributed by atoms with E-state index in [1.54, 1.807) is 0 Å². The number of hydrogen-bond donors (Lipinski definition) is 1. The van der Waals surface area contributed by atoms with Crippen LogP contribution < -0.4 is 5.73 Å². The molecule has 1 spiro atoms. The van der Waals surface area contributed by atoms with Crippen molar-refractivity contribution in [2.75, 3.05) is 0 Å². The molecule has 2 aliphatic carbocycles. The third kappa shape index (κ3) is 0.839. The third-order valence-electron chi connectivity index (χ3n) is 3.16. The van der Waals surface area contributed by atoms with E-state index in [0.29, 0.717) is 17.0 Å². The summed E-state index contributed by atoms with van der Waals surface area (Å²) in [6.07, 6.45) is 3.59. The summed E-state index contributed by atoms with van der Waals surface area (Å²) in [5.74, 6) is -0.166. The molecule has 2 aliphatic rings. The number of hydrogen-bond acceptors (Lipinski definition) is 4. The monoisotopic (exact) mass is 179 g/mol. The number of amides is 1. The van der Waals surface area contributed by atoms with E-state index in [4.69, 9.17) is 5.73 Å². The van der Waals surface area contributed by atoms with Gasteiger partial charge in [-0.2, -0.15) is 0 Å². The maximum absolute atomic E-state index is 10.9. The number of nitrogens with zero attached hydrogens (tertiary/aromatic N) is 2. The van der Waals surface area contributed by atoms with E-state index < -0.39 is 5.91 Å². The smallest absolute Gasteiger partial charge is 0.272 e. The van der Waals surface area contributed by atoms with Crippen LogP contribution in [0.25, 0.3) is 0 Å². The van der Waals surface area contributed by atoms with E-state index in [1.807, 2.05) is 0 Å². The number of primary amides is 1. The topological polar surface area (TPSA) is 82.0 Å². The summed E-state index contributed by atoms with van der Waals surface area (Å²) < 4.78 is 4.53. The Hall–Kier alpha value is -1.39. The first-order valence-corrected chi connectivity index (χ1v) is 4.35. The number of carbonyl (C=O) groups excluding carboxylic acids is 1. The Bertz CT molecular complexity index is 380. The maximum Gasteiger partial charge on any atom is 0.272 e. The lowest BCUT2D eigenvalue weighted by atomic mass is 10.2. The fourth-order valence-corrected chi connectivity index (χ4v) is 2.04. The van der Waals surface area contributed by atoms with Crippen LogP contribution in [0.3, 0.4) is 0 Å². The van der Waals surface area contributed by atoms with Gasteiger partial charge >= 0.3 is 0 Å². The van der Waals surface area contributed by atoms with E-state index in [2.05, 4.69) is 14.9 Å². The molecular weight excluding hydrogens is 170 g/mol. The van der Waals surface area contributed by atoms with Crippen LogP contribution in [0.15, 0.2) is 4.63 Å². The molecule has 68 valence electrons. The standard InChI is InChI=1S/C8H9N3O2/c9-7(12)6-5(10-13-11-6)4-3-8(4)1-2-8/h4H,1-3H2,(H2,9,12). The van der Waals surface area contributed by atoms with Crippen molar-refractivity contribution < 1.29 is 9.42 Å². The molecule has 1 unspecified atom stereocenters. The van der Waals surface area contributed by atoms with Gasteiger partial charge in [-0.25, -0.2) is 4.63 Å². The van der Waals surface area contributed by atoms with Gasteiger partial charge in [-0.05, 0) is 29.8 Å². The lowest BCUT2D eigenvalue weighted by Crippen LogP contribution is -2.13. The maximum atomic E-state index is 10.9. The molecule has 0 aromatic carbocycles. The Kier molecular flexibility index (Phi) is 1.04. The lowest BCUT2D eigenvalue weighted by Gasteiger charge is -1.91. The number of rotatable bonds is 2. The lowest BCUT2D eigenvalue weighted by molar-refractivity contribution is 0.0990. The third-order valence-corrected chi connectivity index (χ3v) is 3.16. The van der Waals surface area contributed by atoms with Crippen molar-refractivity contribution in [2.24, 2.45) is 11.1 Å². The van der Waals surface area contributed by atoms with Gasteiger partial charge in [0.15, 0.2) is 5.69 Å². The Morgan fingerprint density at radius 3 is 2.85 bits per heavy atom. The highest BCUT2D eigenvalue weighted by Crippen LogP contribution is 2.74. The van der Waals surface area contributed by atoms with E-state index >= 15 is 0 Å². The molecule has 5 nitrogen and oxygen atoms in total. The molecule has 1 aromatic heterocycles. The summed E-state index contributed by atoms with van der Waals surface area (Å²) in [6.45, 7) is 0. The van der Waals surface area contributed by atoms with E-state index in [0.717, 1.165) is 6.42 Å². The van der Waals surface area contributed by atoms with E-state index in [-0.39, 0.29) is 5.69 Å². The minimum absolute atomic E-state index is 0.216. The second-order valence-corrected chi connectivity index (χ2v) is 3.98. The summed E-state index contributed by atoms with van der Waals surface area (Å²) in [5.41, 5.74) is 6.47. The zero-order valence-corrected chi connectivity index (χ0v) is 6.99. The highest BCUT2D eigenvalue weighted by Gasteiger charge is 2.65. The SMILES string of the molecule is NC(=O)c1nonc1C1CC12CC2. The fraction of sp³-hybridized carbons (Fsp3) is 0.625. The van der Waals surface area contributed by atoms with Gasteiger partial charge in [-0.3, -0.25) is 4.79 Å². The van der Waals surface area contributed by atoms with Crippen molar-refractivity contribution in [3.05, 3.63) is 11.4 Å². The van der Waals surface area contributed by atoms with Gasteiger partial charge in [0.05, 0.1) is 0 Å². The molecule has 1 amide bonds. The molecule has 3 rings (SSSR count). The molecule has 1 atom stereocenters. The second kappa shape index (κ2) is 1.92. The van der Waals surface area contributed by atoms with Crippen LogP contribution >= 0.6 is 0 Å². The first-order chi connectivity index (χ1) is 6.23. The van der Waals surface area contributed by atoms with Crippen LogP contribution in [0.2, 0.25) is 0 Å². The molecule has 0 radical (unpaired) electrons. The molecule has 1 aromatic rings. The first-order valence-electron chi connectivity index (χ1n) is 4.35. The van der Waals surface area contributed by atoms with Crippen molar-refractivity contribution in [1.82, 2.24) is 10.3 Å². The molecular formula is C8H9N3O2. The van der Waals surface area contributed by atoms with Gasteiger partial charge in [-0.1, -0.05) is 5.16 Å². The van der Waals surface area contributed by atoms with Gasteiger partial charge in [-0.15, -0.1) is 0 Å². The van der Waals surface area contributed by atoms with E-state index in [1.165, 1.54) is 12.8 Å².